The third kappa shape index (κ3) is 2.55. The summed E-state index contributed by atoms with van der Waals surface area (Å²) in [6.07, 6.45) is 2.39. The summed E-state index contributed by atoms with van der Waals surface area (Å²) < 4.78 is 0. The highest BCUT2D eigenvalue weighted by molar-refractivity contribution is 6.08. The Balaban J connectivity index is 1.76. The Morgan fingerprint density at radius 1 is 1.42 bits per heavy atom. The van der Waals surface area contributed by atoms with E-state index in [2.05, 4.69) is 22.2 Å². The van der Waals surface area contributed by atoms with Crippen molar-refractivity contribution in [3.05, 3.63) is 36.0 Å². The maximum atomic E-state index is 12.4. The standard InChI is InChI=1S/C15H19N3O/c1-18-7-6-16-11(10-18)8-15(19)13-9-17-14-5-3-2-4-12(13)14/h2-5,9,11,16-17H,6-8,10H2,1H3. The number of benzene rings is 1. The molecule has 4 nitrogen and oxygen atoms in total. The number of para-hydroxylation sites is 1. The van der Waals surface area contributed by atoms with E-state index in [9.17, 15) is 4.79 Å². The Labute approximate surface area is 112 Å². The van der Waals surface area contributed by atoms with Crippen molar-refractivity contribution in [1.29, 1.82) is 0 Å². The highest BCUT2D eigenvalue weighted by Crippen LogP contribution is 2.20. The SMILES string of the molecule is CN1CCNC(CC(=O)c2c[nH]c3ccccc23)C1. The van der Waals surface area contributed by atoms with Crippen LogP contribution in [0.15, 0.2) is 30.5 Å². The molecule has 0 radical (unpaired) electrons. The van der Waals surface area contributed by atoms with Gasteiger partial charge in [0.15, 0.2) is 5.78 Å². The first kappa shape index (κ1) is 12.4. The number of aromatic nitrogens is 1. The molecule has 1 unspecified atom stereocenters. The molecule has 2 N–H and O–H groups in total. The summed E-state index contributed by atoms with van der Waals surface area (Å²) in [5.41, 5.74) is 1.84. The molecule has 100 valence electrons. The number of Topliss-reactive ketones (excluding diaryl/α,β-unsaturated/α-hetero) is 1. The lowest BCUT2D eigenvalue weighted by Gasteiger charge is -2.30. The number of nitrogens with zero attached hydrogens (tertiary/aromatic N) is 1. The fourth-order valence-corrected chi connectivity index (χ4v) is 2.76. The Kier molecular flexibility index (Phi) is 3.36. The minimum absolute atomic E-state index is 0.213. The smallest absolute Gasteiger partial charge is 0.166 e. The van der Waals surface area contributed by atoms with Crippen LogP contribution in [0.2, 0.25) is 0 Å². The van der Waals surface area contributed by atoms with Crippen molar-refractivity contribution in [1.82, 2.24) is 15.2 Å². The van der Waals surface area contributed by atoms with Crippen LogP contribution in [0, 0.1) is 0 Å². The molecule has 19 heavy (non-hydrogen) atoms. The maximum Gasteiger partial charge on any atom is 0.166 e. The molecule has 2 aromatic rings. The molecule has 1 aliphatic rings. The van der Waals surface area contributed by atoms with Crippen LogP contribution in [0.3, 0.4) is 0 Å². The summed E-state index contributed by atoms with van der Waals surface area (Å²) in [5.74, 6) is 0.213. The van der Waals surface area contributed by atoms with E-state index >= 15 is 0 Å². The van der Waals surface area contributed by atoms with Gasteiger partial charge in [-0.1, -0.05) is 18.2 Å². The average Bonchev–Trinajstić information content (AvgIpc) is 2.82. The number of rotatable bonds is 3. The Morgan fingerprint density at radius 2 is 2.26 bits per heavy atom. The van der Waals surface area contributed by atoms with Gasteiger partial charge in [0.2, 0.25) is 0 Å². The molecule has 1 atom stereocenters. The molecule has 0 bridgehead atoms. The first-order valence-electron chi connectivity index (χ1n) is 6.75. The molecule has 1 aliphatic heterocycles. The van der Waals surface area contributed by atoms with E-state index in [1.165, 1.54) is 0 Å². The van der Waals surface area contributed by atoms with Crippen molar-refractivity contribution >= 4 is 16.7 Å². The average molecular weight is 257 g/mol. The number of carbonyl (C=O) groups is 1. The molecule has 0 amide bonds. The molecule has 2 heterocycles. The lowest BCUT2D eigenvalue weighted by Crippen LogP contribution is -2.49. The summed E-state index contributed by atoms with van der Waals surface area (Å²) in [5, 5.41) is 4.44. The monoisotopic (exact) mass is 257 g/mol. The lowest BCUT2D eigenvalue weighted by atomic mass is 10.0. The highest BCUT2D eigenvalue weighted by atomic mass is 16.1. The number of ketones is 1. The van der Waals surface area contributed by atoms with Gasteiger partial charge in [0, 0.05) is 54.8 Å². The van der Waals surface area contributed by atoms with Gasteiger partial charge in [0.25, 0.3) is 0 Å². The van der Waals surface area contributed by atoms with Gasteiger partial charge in [0.1, 0.15) is 0 Å². The number of fused-ring (bicyclic) bond motifs is 1. The first-order chi connectivity index (χ1) is 9.24. The van der Waals surface area contributed by atoms with Gasteiger partial charge in [0.05, 0.1) is 0 Å². The van der Waals surface area contributed by atoms with Crippen molar-refractivity contribution in [3.8, 4) is 0 Å². The van der Waals surface area contributed by atoms with Crippen LogP contribution < -0.4 is 5.32 Å². The number of H-pyrrole nitrogens is 1. The van der Waals surface area contributed by atoms with Gasteiger partial charge in [-0.05, 0) is 13.1 Å². The molecule has 0 saturated carbocycles. The second-order valence-corrected chi connectivity index (χ2v) is 5.29. The van der Waals surface area contributed by atoms with E-state index in [4.69, 9.17) is 0 Å². The molecule has 4 heteroatoms. The number of hydrogen-bond acceptors (Lipinski definition) is 3. The van der Waals surface area contributed by atoms with E-state index in [-0.39, 0.29) is 11.8 Å². The normalized spacial score (nSPS) is 20.8. The van der Waals surface area contributed by atoms with Crippen LogP contribution in [-0.4, -0.2) is 48.4 Å². The van der Waals surface area contributed by atoms with Crippen LogP contribution in [0.5, 0.6) is 0 Å². The predicted molar refractivity (Wildman–Crippen MR) is 76.5 cm³/mol. The molecule has 0 spiro atoms. The number of nitrogens with one attached hydrogen (secondary N) is 2. The second kappa shape index (κ2) is 5.15. The molecule has 1 fully saturated rings. The number of carbonyl (C=O) groups excluding carboxylic acids is 1. The number of hydrogen-bond donors (Lipinski definition) is 2. The minimum atomic E-state index is 0.213. The fourth-order valence-electron chi connectivity index (χ4n) is 2.76. The number of likely N-dealkylation sites (N-methyl/N-ethyl adjacent to an activating group) is 1. The van der Waals surface area contributed by atoms with Crippen molar-refractivity contribution in [3.63, 3.8) is 0 Å². The third-order valence-corrected chi connectivity index (χ3v) is 3.78. The highest BCUT2D eigenvalue weighted by Gasteiger charge is 2.21. The van der Waals surface area contributed by atoms with Crippen molar-refractivity contribution in [2.24, 2.45) is 0 Å². The van der Waals surface area contributed by atoms with Gasteiger partial charge in [-0.15, -0.1) is 0 Å². The van der Waals surface area contributed by atoms with Gasteiger partial charge < -0.3 is 15.2 Å². The molecule has 3 rings (SSSR count). The van der Waals surface area contributed by atoms with Crippen molar-refractivity contribution < 1.29 is 4.79 Å². The fraction of sp³-hybridized carbons (Fsp3) is 0.400. The Bertz CT molecular complexity index is 590. The van der Waals surface area contributed by atoms with E-state index in [1.54, 1.807) is 0 Å². The van der Waals surface area contributed by atoms with E-state index < -0.39 is 0 Å². The van der Waals surface area contributed by atoms with Gasteiger partial charge in [-0.25, -0.2) is 0 Å². The zero-order valence-electron chi connectivity index (χ0n) is 11.1. The summed E-state index contributed by atoms with van der Waals surface area (Å²) in [7, 11) is 2.10. The van der Waals surface area contributed by atoms with Crippen LogP contribution >= 0.6 is 0 Å². The zero-order chi connectivity index (χ0) is 13.2. The molecule has 1 aromatic heterocycles. The molecule has 1 saturated heterocycles. The third-order valence-electron chi connectivity index (χ3n) is 3.78. The van der Waals surface area contributed by atoms with Crippen LogP contribution in [0.4, 0.5) is 0 Å². The molecule has 0 aliphatic carbocycles. The van der Waals surface area contributed by atoms with E-state index in [0.29, 0.717) is 6.42 Å². The molecular weight excluding hydrogens is 238 g/mol. The topological polar surface area (TPSA) is 48.1 Å². The van der Waals surface area contributed by atoms with Crippen LogP contribution in [0.25, 0.3) is 10.9 Å². The summed E-state index contributed by atoms with van der Waals surface area (Å²) in [6.45, 7) is 2.95. The largest absolute Gasteiger partial charge is 0.360 e. The van der Waals surface area contributed by atoms with Gasteiger partial charge >= 0.3 is 0 Å². The summed E-state index contributed by atoms with van der Waals surface area (Å²) in [4.78, 5) is 17.8. The van der Waals surface area contributed by atoms with Gasteiger partial charge in [-0.2, -0.15) is 0 Å². The maximum absolute atomic E-state index is 12.4. The van der Waals surface area contributed by atoms with Crippen LogP contribution in [-0.2, 0) is 0 Å². The van der Waals surface area contributed by atoms with E-state index in [0.717, 1.165) is 36.1 Å². The summed E-state index contributed by atoms with van der Waals surface area (Å²) >= 11 is 0. The van der Waals surface area contributed by atoms with Crippen LogP contribution in [0.1, 0.15) is 16.8 Å². The number of aromatic amines is 1. The number of piperazine rings is 1. The van der Waals surface area contributed by atoms with Gasteiger partial charge in [-0.3, -0.25) is 4.79 Å². The van der Waals surface area contributed by atoms with Crippen molar-refractivity contribution in [2.45, 2.75) is 12.5 Å². The first-order valence-corrected chi connectivity index (χ1v) is 6.75. The Morgan fingerprint density at radius 3 is 3.11 bits per heavy atom. The summed E-state index contributed by atoms with van der Waals surface area (Å²) in [6, 6.07) is 8.21. The second-order valence-electron chi connectivity index (χ2n) is 5.29. The zero-order valence-corrected chi connectivity index (χ0v) is 11.1. The predicted octanol–water partition coefficient (Wildman–Crippen LogP) is 1.64. The van der Waals surface area contributed by atoms with E-state index in [1.807, 2.05) is 30.5 Å². The lowest BCUT2D eigenvalue weighted by molar-refractivity contribution is 0.0953. The quantitative estimate of drug-likeness (QED) is 0.822. The Hall–Kier alpha value is -1.65. The molecule has 1 aromatic carbocycles. The molecular formula is C15H19N3O. The van der Waals surface area contributed by atoms with Crippen molar-refractivity contribution in [2.75, 3.05) is 26.7 Å². The minimum Gasteiger partial charge on any atom is -0.360 e.